The molecule has 0 bridgehead atoms. The molecule has 0 spiro atoms. The average molecular weight is 261 g/mol. The first kappa shape index (κ1) is 15.0. The Balaban J connectivity index is 2.41. The molecule has 102 valence electrons. The molecule has 0 aromatic heterocycles. The Labute approximate surface area is 113 Å². The van der Waals surface area contributed by atoms with Crippen LogP contribution in [0.25, 0.3) is 0 Å². The maximum Gasteiger partial charge on any atom is 0.319 e. The van der Waals surface area contributed by atoms with Crippen LogP contribution >= 0.6 is 0 Å². The van der Waals surface area contributed by atoms with Crippen molar-refractivity contribution in [2.24, 2.45) is 0 Å². The Morgan fingerprint density at radius 3 is 2.68 bits per heavy atom. The molecule has 19 heavy (non-hydrogen) atoms. The van der Waals surface area contributed by atoms with Crippen LogP contribution in [0.3, 0.4) is 0 Å². The van der Waals surface area contributed by atoms with Crippen molar-refractivity contribution in [3.63, 3.8) is 0 Å². The van der Waals surface area contributed by atoms with Crippen LogP contribution in [0, 0.1) is 11.3 Å². The van der Waals surface area contributed by atoms with E-state index in [1.807, 2.05) is 19.1 Å². The van der Waals surface area contributed by atoms with Gasteiger partial charge in [0.15, 0.2) is 0 Å². The van der Waals surface area contributed by atoms with Crippen molar-refractivity contribution in [1.82, 2.24) is 5.32 Å². The highest BCUT2D eigenvalue weighted by Gasteiger charge is 2.06. The summed E-state index contributed by atoms with van der Waals surface area (Å²) in [6.07, 6.45) is 1.78. The Morgan fingerprint density at radius 2 is 2.11 bits per heavy atom. The molecule has 0 heterocycles. The number of rotatable bonds is 6. The van der Waals surface area contributed by atoms with E-state index in [9.17, 15) is 4.79 Å². The standard InChI is InChI=1S/C14H19N3O2/c1-11(3-2-10-18)16-14(19)17-13-6-4-12(5-7-13)8-9-15/h4-7,11,18H,2-3,8,10H2,1H3,(H2,16,17,19). The minimum Gasteiger partial charge on any atom is -0.396 e. The summed E-state index contributed by atoms with van der Waals surface area (Å²) < 4.78 is 0. The number of carbonyl (C=O) groups excluding carboxylic acids is 1. The number of carbonyl (C=O) groups is 1. The molecule has 1 aromatic rings. The third-order valence-corrected chi connectivity index (χ3v) is 2.67. The predicted molar refractivity (Wildman–Crippen MR) is 73.7 cm³/mol. The zero-order valence-electron chi connectivity index (χ0n) is 11.0. The molecule has 0 saturated heterocycles. The molecule has 5 heteroatoms. The zero-order chi connectivity index (χ0) is 14.1. The van der Waals surface area contributed by atoms with E-state index in [0.717, 1.165) is 12.0 Å². The SMILES string of the molecule is CC(CCCO)NC(=O)Nc1ccc(CC#N)cc1. The van der Waals surface area contributed by atoms with Gasteiger partial charge in [-0.25, -0.2) is 4.79 Å². The van der Waals surface area contributed by atoms with Gasteiger partial charge in [-0.1, -0.05) is 12.1 Å². The van der Waals surface area contributed by atoms with Gasteiger partial charge in [0.25, 0.3) is 0 Å². The van der Waals surface area contributed by atoms with Gasteiger partial charge in [-0.3, -0.25) is 0 Å². The molecule has 0 aliphatic rings. The number of aliphatic hydroxyl groups is 1. The molecule has 0 fully saturated rings. The number of urea groups is 1. The minimum atomic E-state index is -0.265. The lowest BCUT2D eigenvalue weighted by atomic mass is 10.1. The second-order valence-electron chi connectivity index (χ2n) is 4.40. The molecule has 1 unspecified atom stereocenters. The van der Waals surface area contributed by atoms with Crippen LogP contribution in [0.1, 0.15) is 25.3 Å². The average Bonchev–Trinajstić information content (AvgIpc) is 2.39. The zero-order valence-corrected chi connectivity index (χ0v) is 11.0. The first-order valence-corrected chi connectivity index (χ1v) is 6.30. The summed E-state index contributed by atoms with van der Waals surface area (Å²) in [4.78, 5) is 11.7. The quantitative estimate of drug-likeness (QED) is 0.732. The molecular formula is C14H19N3O2. The third-order valence-electron chi connectivity index (χ3n) is 2.67. The number of amides is 2. The lowest BCUT2D eigenvalue weighted by Crippen LogP contribution is -2.36. The molecule has 1 aromatic carbocycles. The summed E-state index contributed by atoms with van der Waals surface area (Å²) in [5.74, 6) is 0. The summed E-state index contributed by atoms with van der Waals surface area (Å²) in [6.45, 7) is 2.03. The predicted octanol–water partition coefficient (Wildman–Crippen LogP) is 2.04. The summed E-state index contributed by atoms with van der Waals surface area (Å²) in [5.41, 5.74) is 1.61. The molecule has 2 amide bonds. The van der Waals surface area contributed by atoms with Crippen molar-refractivity contribution in [3.05, 3.63) is 29.8 Å². The summed E-state index contributed by atoms with van der Waals surface area (Å²) >= 11 is 0. The largest absolute Gasteiger partial charge is 0.396 e. The first-order valence-electron chi connectivity index (χ1n) is 6.30. The second-order valence-corrected chi connectivity index (χ2v) is 4.40. The summed E-state index contributed by atoms with van der Waals surface area (Å²) in [6, 6.07) is 8.99. The van der Waals surface area contributed by atoms with Crippen LogP contribution < -0.4 is 10.6 Å². The van der Waals surface area contributed by atoms with E-state index < -0.39 is 0 Å². The van der Waals surface area contributed by atoms with Gasteiger partial charge in [-0.2, -0.15) is 5.26 Å². The van der Waals surface area contributed by atoms with E-state index in [0.29, 0.717) is 18.5 Å². The number of nitrogens with zero attached hydrogens (tertiary/aromatic N) is 1. The van der Waals surface area contributed by atoms with Gasteiger partial charge in [0.2, 0.25) is 0 Å². The number of hydrogen-bond acceptors (Lipinski definition) is 3. The van der Waals surface area contributed by atoms with E-state index in [1.165, 1.54) is 0 Å². The molecule has 5 nitrogen and oxygen atoms in total. The molecule has 0 aliphatic heterocycles. The number of anilines is 1. The van der Waals surface area contributed by atoms with Crippen LogP contribution in [-0.4, -0.2) is 23.8 Å². The summed E-state index contributed by atoms with van der Waals surface area (Å²) in [7, 11) is 0. The number of nitriles is 1. The smallest absolute Gasteiger partial charge is 0.319 e. The minimum absolute atomic E-state index is 0.0185. The van der Waals surface area contributed by atoms with Crippen molar-refractivity contribution in [3.8, 4) is 6.07 Å². The van der Waals surface area contributed by atoms with Gasteiger partial charge in [-0.05, 0) is 37.5 Å². The highest BCUT2D eigenvalue weighted by Crippen LogP contribution is 2.09. The van der Waals surface area contributed by atoms with E-state index in [4.69, 9.17) is 10.4 Å². The third kappa shape index (κ3) is 5.89. The van der Waals surface area contributed by atoms with Gasteiger partial charge in [0.1, 0.15) is 0 Å². The highest BCUT2D eigenvalue weighted by atomic mass is 16.3. The molecule has 1 atom stereocenters. The maximum absolute atomic E-state index is 11.7. The van der Waals surface area contributed by atoms with Gasteiger partial charge >= 0.3 is 6.03 Å². The monoisotopic (exact) mass is 261 g/mol. The normalized spacial score (nSPS) is 11.4. The van der Waals surface area contributed by atoms with E-state index >= 15 is 0 Å². The van der Waals surface area contributed by atoms with Crippen LogP contribution in [0.15, 0.2) is 24.3 Å². The molecule has 0 radical (unpaired) electrons. The van der Waals surface area contributed by atoms with Crippen molar-refractivity contribution in [2.75, 3.05) is 11.9 Å². The van der Waals surface area contributed by atoms with Crippen molar-refractivity contribution < 1.29 is 9.90 Å². The maximum atomic E-state index is 11.7. The summed E-state index contributed by atoms with van der Waals surface area (Å²) in [5, 5.41) is 22.8. The fourth-order valence-corrected chi connectivity index (χ4v) is 1.66. The van der Waals surface area contributed by atoms with Crippen molar-refractivity contribution in [2.45, 2.75) is 32.2 Å². The fraction of sp³-hybridized carbons (Fsp3) is 0.429. The number of benzene rings is 1. The van der Waals surface area contributed by atoms with E-state index in [2.05, 4.69) is 16.7 Å². The van der Waals surface area contributed by atoms with E-state index in [1.54, 1.807) is 12.1 Å². The molecule has 0 saturated carbocycles. The van der Waals surface area contributed by atoms with Gasteiger partial charge in [-0.15, -0.1) is 0 Å². The highest BCUT2D eigenvalue weighted by molar-refractivity contribution is 5.89. The number of nitrogens with one attached hydrogen (secondary N) is 2. The van der Waals surface area contributed by atoms with Crippen molar-refractivity contribution >= 4 is 11.7 Å². The molecule has 3 N–H and O–H groups in total. The van der Waals surface area contributed by atoms with Gasteiger partial charge in [0, 0.05) is 18.3 Å². The Kier molecular flexibility index (Phi) is 6.41. The van der Waals surface area contributed by atoms with Crippen LogP contribution in [-0.2, 0) is 6.42 Å². The molecule has 0 aliphatic carbocycles. The molecule has 1 rings (SSSR count). The lowest BCUT2D eigenvalue weighted by molar-refractivity contribution is 0.245. The molecular weight excluding hydrogens is 242 g/mol. The van der Waals surface area contributed by atoms with E-state index in [-0.39, 0.29) is 18.7 Å². The Morgan fingerprint density at radius 1 is 1.42 bits per heavy atom. The Hall–Kier alpha value is -2.06. The lowest BCUT2D eigenvalue weighted by Gasteiger charge is -2.14. The van der Waals surface area contributed by atoms with Crippen molar-refractivity contribution in [1.29, 1.82) is 5.26 Å². The topological polar surface area (TPSA) is 85.2 Å². The van der Waals surface area contributed by atoms with Gasteiger partial charge < -0.3 is 15.7 Å². The fourth-order valence-electron chi connectivity index (χ4n) is 1.66. The first-order chi connectivity index (χ1) is 9.15. The number of hydrogen-bond donors (Lipinski definition) is 3. The number of aliphatic hydroxyl groups excluding tert-OH is 1. The van der Waals surface area contributed by atoms with Crippen LogP contribution in [0.5, 0.6) is 0 Å². The second kappa shape index (κ2) is 8.11. The van der Waals surface area contributed by atoms with Crippen LogP contribution in [0.4, 0.5) is 10.5 Å². The van der Waals surface area contributed by atoms with Gasteiger partial charge in [0.05, 0.1) is 12.5 Å². The Bertz CT molecular complexity index is 437. The van der Waals surface area contributed by atoms with Crippen LogP contribution in [0.2, 0.25) is 0 Å².